The number of hydrogen-bond acceptors (Lipinski definition) is 2. The van der Waals surface area contributed by atoms with Crippen molar-refractivity contribution in [3.8, 4) is 0 Å². The van der Waals surface area contributed by atoms with Crippen molar-refractivity contribution in [2.75, 3.05) is 26.2 Å². The summed E-state index contributed by atoms with van der Waals surface area (Å²) in [5, 5.41) is 8.50. The molecule has 1 unspecified atom stereocenters. The lowest BCUT2D eigenvalue weighted by molar-refractivity contribution is 0.186. The van der Waals surface area contributed by atoms with Gasteiger partial charge in [-0.1, -0.05) is 11.6 Å². The summed E-state index contributed by atoms with van der Waals surface area (Å²) in [6, 6.07) is -0.00841. The van der Waals surface area contributed by atoms with Crippen LogP contribution in [0.15, 0.2) is 11.6 Å². The molecule has 3 N–H and O–H groups in total. The molecule has 2 aliphatic rings. The van der Waals surface area contributed by atoms with Crippen LogP contribution in [0.3, 0.4) is 0 Å². The van der Waals surface area contributed by atoms with Gasteiger partial charge in [0.15, 0.2) is 0 Å². The molecule has 6 nitrogen and oxygen atoms in total. The van der Waals surface area contributed by atoms with Gasteiger partial charge < -0.3 is 20.9 Å². The van der Waals surface area contributed by atoms with Gasteiger partial charge in [-0.2, -0.15) is 0 Å². The summed E-state index contributed by atoms with van der Waals surface area (Å²) in [4.78, 5) is 25.5. The summed E-state index contributed by atoms with van der Waals surface area (Å²) in [5.41, 5.74) is 1.45. The zero-order valence-corrected chi connectivity index (χ0v) is 14.4. The molecule has 1 aliphatic heterocycles. The molecule has 0 spiro atoms. The van der Waals surface area contributed by atoms with Crippen LogP contribution in [0.4, 0.5) is 9.59 Å². The van der Waals surface area contributed by atoms with Gasteiger partial charge in [0.25, 0.3) is 0 Å². The lowest BCUT2D eigenvalue weighted by Crippen LogP contribution is -2.46. The van der Waals surface area contributed by atoms with Crippen LogP contribution in [0.25, 0.3) is 0 Å². The molecule has 23 heavy (non-hydrogen) atoms. The molecule has 2 rings (SSSR count). The quantitative estimate of drug-likeness (QED) is 0.536. The van der Waals surface area contributed by atoms with E-state index >= 15 is 0 Å². The van der Waals surface area contributed by atoms with Gasteiger partial charge >= 0.3 is 12.1 Å². The molecule has 1 saturated heterocycles. The molecule has 6 heteroatoms. The minimum absolute atomic E-state index is 0.0153. The number of nitrogens with zero attached hydrogens (tertiary/aromatic N) is 1. The average Bonchev–Trinajstić information content (AvgIpc) is 2.53. The van der Waals surface area contributed by atoms with Gasteiger partial charge in [-0.05, 0) is 51.9 Å². The lowest BCUT2D eigenvalue weighted by atomic mass is 9.82. The summed E-state index contributed by atoms with van der Waals surface area (Å²) in [6.45, 7) is 6.62. The largest absolute Gasteiger partial charge is 0.338 e. The van der Waals surface area contributed by atoms with Crippen LogP contribution < -0.4 is 16.0 Å². The third kappa shape index (κ3) is 5.77. The topological polar surface area (TPSA) is 73.5 Å². The van der Waals surface area contributed by atoms with Crippen LogP contribution in [-0.4, -0.2) is 49.2 Å². The van der Waals surface area contributed by atoms with Gasteiger partial charge in [0, 0.05) is 32.2 Å². The summed E-state index contributed by atoms with van der Waals surface area (Å²) >= 11 is 0. The summed E-state index contributed by atoms with van der Waals surface area (Å²) in [7, 11) is 0. The van der Waals surface area contributed by atoms with Gasteiger partial charge in [-0.3, -0.25) is 0 Å². The second-order valence-electron chi connectivity index (χ2n) is 6.76. The number of piperidine rings is 1. The fraction of sp³-hybridized carbons (Fsp3) is 0.765. The highest BCUT2D eigenvalue weighted by molar-refractivity contribution is 5.75. The van der Waals surface area contributed by atoms with Crippen LogP contribution in [-0.2, 0) is 0 Å². The first-order valence-electron chi connectivity index (χ1n) is 8.82. The van der Waals surface area contributed by atoms with E-state index in [4.69, 9.17) is 0 Å². The van der Waals surface area contributed by atoms with Crippen molar-refractivity contribution in [1.29, 1.82) is 0 Å². The molecule has 0 bridgehead atoms. The SMILES string of the molecule is CC(C)NC(=O)NCCCNC(=O)N1CCC2CCCC=C2C1. The van der Waals surface area contributed by atoms with E-state index in [0.29, 0.717) is 19.0 Å². The molecular weight excluding hydrogens is 292 g/mol. The Bertz CT molecular complexity index is 448. The maximum atomic E-state index is 12.2. The van der Waals surface area contributed by atoms with Crippen molar-refractivity contribution >= 4 is 12.1 Å². The van der Waals surface area contributed by atoms with E-state index in [2.05, 4.69) is 22.0 Å². The van der Waals surface area contributed by atoms with E-state index in [-0.39, 0.29) is 18.1 Å². The Morgan fingerprint density at radius 2 is 2.04 bits per heavy atom. The minimum Gasteiger partial charge on any atom is -0.338 e. The van der Waals surface area contributed by atoms with Crippen molar-refractivity contribution in [2.45, 2.75) is 52.0 Å². The Hall–Kier alpha value is -1.72. The second kappa shape index (κ2) is 8.79. The fourth-order valence-electron chi connectivity index (χ4n) is 3.22. The zero-order chi connectivity index (χ0) is 16.7. The first-order chi connectivity index (χ1) is 11.1. The molecule has 1 heterocycles. The number of carbonyl (C=O) groups is 2. The number of likely N-dealkylation sites (tertiary alicyclic amines) is 1. The Morgan fingerprint density at radius 3 is 2.83 bits per heavy atom. The predicted octanol–water partition coefficient (Wildman–Crippen LogP) is 2.23. The van der Waals surface area contributed by atoms with Gasteiger partial charge in [0.1, 0.15) is 0 Å². The highest BCUT2D eigenvalue weighted by Crippen LogP contribution is 2.31. The Balaban J connectivity index is 1.60. The summed E-state index contributed by atoms with van der Waals surface area (Å²) in [6.07, 6.45) is 7.88. The van der Waals surface area contributed by atoms with E-state index in [1.165, 1.54) is 18.4 Å². The van der Waals surface area contributed by atoms with E-state index in [9.17, 15) is 9.59 Å². The third-order valence-electron chi connectivity index (χ3n) is 4.43. The molecule has 0 aromatic rings. The minimum atomic E-state index is -0.155. The highest BCUT2D eigenvalue weighted by atomic mass is 16.2. The summed E-state index contributed by atoms with van der Waals surface area (Å²) in [5.74, 6) is 0.705. The molecule has 0 saturated carbocycles. The van der Waals surface area contributed by atoms with Crippen molar-refractivity contribution < 1.29 is 9.59 Å². The number of allylic oxidation sites excluding steroid dienone is 1. The number of hydrogen-bond donors (Lipinski definition) is 3. The highest BCUT2D eigenvalue weighted by Gasteiger charge is 2.27. The lowest BCUT2D eigenvalue weighted by Gasteiger charge is -2.36. The zero-order valence-electron chi connectivity index (χ0n) is 14.4. The van der Waals surface area contributed by atoms with Crippen LogP contribution in [0.2, 0.25) is 0 Å². The van der Waals surface area contributed by atoms with Crippen molar-refractivity contribution in [3.05, 3.63) is 11.6 Å². The monoisotopic (exact) mass is 322 g/mol. The van der Waals surface area contributed by atoms with Gasteiger partial charge in [-0.25, -0.2) is 9.59 Å². The number of carbonyl (C=O) groups excluding carboxylic acids is 2. The molecule has 4 amide bonds. The smallest absolute Gasteiger partial charge is 0.317 e. The standard InChI is InChI=1S/C17H30N4O2/c1-13(2)20-16(22)18-9-5-10-19-17(23)21-11-8-14-6-3-4-7-15(14)12-21/h7,13-14H,3-6,8-12H2,1-2H3,(H,19,23)(H2,18,20,22). The number of rotatable bonds is 5. The maximum Gasteiger partial charge on any atom is 0.317 e. The molecular formula is C17H30N4O2. The van der Waals surface area contributed by atoms with Gasteiger partial charge in [0.2, 0.25) is 0 Å². The first kappa shape index (κ1) is 17.6. The van der Waals surface area contributed by atoms with Crippen molar-refractivity contribution in [3.63, 3.8) is 0 Å². The van der Waals surface area contributed by atoms with E-state index in [0.717, 1.165) is 32.4 Å². The molecule has 0 aromatic heterocycles. The van der Waals surface area contributed by atoms with Crippen LogP contribution in [0, 0.1) is 5.92 Å². The molecule has 1 atom stereocenters. The second-order valence-corrected chi connectivity index (χ2v) is 6.76. The summed E-state index contributed by atoms with van der Waals surface area (Å²) < 4.78 is 0. The number of urea groups is 2. The molecule has 0 radical (unpaired) electrons. The first-order valence-corrected chi connectivity index (χ1v) is 8.82. The number of nitrogens with one attached hydrogen (secondary N) is 3. The van der Waals surface area contributed by atoms with Gasteiger partial charge in [-0.15, -0.1) is 0 Å². The van der Waals surface area contributed by atoms with Gasteiger partial charge in [0.05, 0.1) is 0 Å². The molecule has 130 valence electrons. The van der Waals surface area contributed by atoms with Crippen molar-refractivity contribution in [2.24, 2.45) is 5.92 Å². The normalized spacial score (nSPS) is 20.6. The van der Waals surface area contributed by atoms with Crippen LogP contribution in [0.5, 0.6) is 0 Å². The van der Waals surface area contributed by atoms with E-state index in [1.54, 1.807) is 0 Å². The average molecular weight is 322 g/mol. The maximum absolute atomic E-state index is 12.2. The van der Waals surface area contributed by atoms with E-state index in [1.807, 2.05) is 18.7 Å². The Labute approximate surface area is 139 Å². The molecule has 1 aliphatic carbocycles. The predicted molar refractivity (Wildman–Crippen MR) is 91.3 cm³/mol. The Kier molecular flexibility index (Phi) is 6.74. The van der Waals surface area contributed by atoms with Crippen LogP contribution >= 0.6 is 0 Å². The van der Waals surface area contributed by atoms with E-state index < -0.39 is 0 Å². The third-order valence-corrected chi connectivity index (χ3v) is 4.43. The molecule has 1 fully saturated rings. The number of fused-ring (bicyclic) bond motifs is 1. The Morgan fingerprint density at radius 1 is 1.26 bits per heavy atom. The number of amides is 4. The fourth-order valence-corrected chi connectivity index (χ4v) is 3.22. The van der Waals surface area contributed by atoms with Crippen LogP contribution in [0.1, 0.15) is 46.0 Å². The molecule has 0 aromatic carbocycles. The van der Waals surface area contributed by atoms with Crippen molar-refractivity contribution in [1.82, 2.24) is 20.9 Å².